The van der Waals surface area contributed by atoms with E-state index < -0.39 is 46.2 Å². The average molecular weight is 869 g/mol. The van der Waals surface area contributed by atoms with E-state index in [2.05, 4.69) is 15.4 Å². The van der Waals surface area contributed by atoms with E-state index in [-0.39, 0.29) is 34.3 Å². The molecule has 0 aliphatic carbocycles. The average Bonchev–Trinajstić information content (AvgIpc) is 3.78. The van der Waals surface area contributed by atoms with Crippen molar-refractivity contribution in [1.29, 1.82) is 0 Å². The van der Waals surface area contributed by atoms with Gasteiger partial charge < -0.3 is 30.3 Å². The minimum Gasteiger partial charge on any atom is -0.497 e. The van der Waals surface area contributed by atoms with E-state index in [1.807, 2.05) is 13.8 Å². The number of thioether (sulfide) groups is 2. The van der Waals surface area contributed by atoms with Crippen LogP contribution in [-0.2, 0) is 32.0 Å². The zero-order valence-corrected chi connectivity index (χ0v) is 34.4. The van der Waals surface area contributed by atoms with Gasteiger partial charge >= 0.3 is 18.3 Å². The highest BCUT2D eigenvalue weighted by Gasteiger charge is 2.31. The smallest absolute Gasteiger partial charge is 0.497 e. The summed E-state index contributed by atoms with van der Waals surface area (Å²) >= 11 is 4.54. The lowest BCUT2D eigenvalue weighted by Gasteiger charge is -2.10. The highest BCUT2D eigenvalue weighted by molar-refractivity contribution is 8.01. The van der Waals surface area contributed by atoms with Crippen LogP contribution in [0.4, 0.5) is 23.2 Å². The molecule has 4 aromatic rings. The number of carbonyl (C=O) groups excluding carboxylic acids is 4. The van der Waals surface area contributed by atoms with Gasteiger partial charge in [-0.05, 0) is 87.4 Å². The number of rotatable bonds is 18. The van der Waals surface area contributed by atoms with Crippen LogP contribution in [0.25, 0.3) is 0 Å². The third kappa shape index (κ3) is 14.6. The van der Waals surface area contributed by atoms with Gasteiger partial charge in [0.2, 0.25) is 11.8 Å². The maximum Gasteiger partial charge on any atom is 0.573 e. The summed E-state index contributed by atoms with van der Waals surface area (Å²) in [6, 6.07) is 14.7. The molecular formula is C38H39F3N2O10S4. The third-order valence-corrected chi connectivity index (χ3v) is 12.2. The number of carboxylic acids is 2. The van der Waals surface area contributed by atoms with Crippen molar-refractivity contribution in [3.05, 3.63) is 92.7 Å². The number of hydrogen-bond acceptors (Lipinski definition) is 12. The van der Waals surface area contributed by atoms with E-state index in [0.29, 0.717) is 33.3 Å². The minimum atomic E-state index is -4.83. The number of benzene rings is 2. The van der Waals surface area contributed by atoms with E-state index in [1.165, 1.54) is 48.7 Å². The summed E-state index contributed by atoms with van der Waals surface area (Å²) in [6.07, 6.45) is -3.47. The first-order valence-electron chi connectivity index (χ1n) is 17.0. The molecule has 12 nitrogen and oxygen atoms in total. The van der Waals surface area contributed by atoms with E-state index >= 15 is 0 Å². The first-order valence-corrected chi connectivity index (χ1v) is 20.7. The van der Waals surface area contributed by atoms with Crippen LogP contribution in [0, 0.1) is 0 Å². The van der Waals surface area contributed by atoms with Crippen molar-refractivity contribution in [3.63, 3.8) is 0 Å². The van der Waals surface area contributed by atoms with Crippen molar-refractivity contribution in [3.8, 4) is 11.5 Å². The molecule has 0 aliphatic heterocycles. The Labute approximate surface area is 342 Å². The number of hydrogen-bond donors (Lipinski definition) is 4. The molecule has 0 radical (unpaired) electrons. The number of anilines is 2. The van der Waals surface area contributed by atoms with Gasteiger partial charge in [0.1, 0.15) is 21.5 Å². The zero-order valence-electron chi connectivity index (χ0n) is 31.2. The van der Waals surface area contributed by atoms with Gasteiger partial charge in [0.15, 0.2) is 11.6 Å². The fraction of sp³-hybridized carbons (Fsp3) is 0.316. The molecule has 0 fully saturated rings. The molecule has 0 bridgehead atoms. The maximum atomic E-state index is 12.9. The number of methoxy groups -OCH3 is 1. The standard InChI is InChI=1S/C19H18F3NO5S2.C19H21NO5S2/c1-3-13-8-14(17(30-13)23-15(24)9-29-10(2)18(26)27)16(25)11-4-6-12(7-5-11)28-19(20,21)22;1-4-14-9-15(17(22)12-5-7-13(25-3)8-6-12)18(27-14)20-16(21)10-26-11(2)19(23)24/h4-8,10H,3,9H2,1-2H3,(H,23,24)(H,26,27);5-9,11H,4,10H2,1-3H3,(H,20,21)(H,23,24). The third-order valence-electron chi connectivity index (χ3n) is 7.58. The molecule has 2 amide bonds. The van der Waals surface area contributed by atoms with Crippen LogP contribution in [0.5, 0.6) is 11.5 Å². The van der Waals surface area contributed by atoms with E-state index in [0.717, 1.165) is 51.8 Å². The van der Waals surface area contributed by atoms with Crippen molar-refractivity contribution in [2.24, 2.45) is 0 Å². The summed E-state index contributed by atoms with van der Waals surface area (Å²) in [7, 11) is 1.56. The first-order chi connectivity index (χ1) is 26.8. The molecule has 2 aromatic carbocycles. The number of ketones is 2. The first kappa shape index (κ1) is 46.5. The monoisotopic (exact) mass is 868 g/mol. The fourth-order valence-electron chi connectivity index (χ4n) is 4.49. The molecule has 0 saturated heterocycles. The van der Waals surface area contributed by atoms with Gasteiger partial charge in [0.05, 0.1) is 40.2 Å². The van der Waals surface area contributed by atoms with Crippen LogP contribution in [0.2, 0.25) is 0 Å². The largest absolute Gasteiger partial charge is 0.573 e. The normalized spacial score (nSPS) is 12.0. The van der Waals surface area contributed by atoms with Gasteiger partial charge in [-0.1, -0.05) is 13.8 Å². The quantitative estimate of drug-likeness (QED) is 0.0703. The molecule has 19 heteroatoms. The van der Waals surface area contributed by atoms with Gasteiger partial charge in [-0.25, -0.2) is 0 Å². The Morgan fingerprint density at radius 2 is 1.05 bits per heavy atom. The predicted molar refractivity (Wildman–Crippen MR) is 217 cm³/mol. The number of ether oxygens (including phenoxy) is 2. The Balaban J connectivity index is 0.000000307. The van der Waals surface area contributed by atoms with Crippen LogP contribution >= 0.6 is 46.2 Å². The van der Waals surface area contributed by atoms with Gasteiger partial charge in [-0.2, -0.15) is 0 Å². The second kappa shape index (κ2) is 21.6. The summed E-state index contributed by atoms with van der Waals surface area (Å²) in [6.45, 7) is 6.84. The maximum absolute atomic E-state index is 12.9. The number of aliphatic carboxylic acids is 2. The highest BCUT2D eigenvalue weighted by atomic mass is 32.2. The van der Waals surface area contributed by atoms with Crippen molar-refractivity contribution < 1.29 is 61.6 Å². The molecule has 0 saturated carbocycles. The Hall–Kier alpha value is -4.85. The molecular weight excluding hydrogens is 830 g/mol. The van der Waals surface area contributed by atoms with Crippen LogP contribution < -0.4 is 20.1 Å². The highest BCUT2D eigenvalue weighted by Crippen LogP contribution is 2.33. The minimum absolute atomic E-state index is 0.00297. The number of nitrogens with one attached hydrogen (secondary N) is 2. The topological polar surface area (TPSA) is 185 Å². The van der Waals surface area contributed by atoms with Crippen molar-refractivity contribution in [2.45, 2.75) is 57.4 Å². The molecule has 306 valence electrons. The molecule has 2 aromatic heterocycles. The van der Waals surface area contributed by atoms with E-state index in [9.17, 15) is 41.9 Å². The number of alkyl halides is 3. The van der Waals surface area contributed by atoms with Crippen LogP contribution in [-0.4, -0.2) is 81.0 Å². The lowest BCUT2D eigenvalue weighted by molar-refractivity contribution is -0.274. The molecule has 2 atom stereocenters. The van der Waals surface area contributed by atoms with Gasteiger partial charge in [0, 0.05) is 20.9 Å². The number of carboxylic acid groups (broad SMARTS) is 2. The summed E-state index contributed by atoms with van der Waals surface area (Å²) in [5, 5.41) is 22.5. The van der Waals surface area contributed by atoms with Crippen molar-refractivity contribution in [1.82, 2.24) is 0 Å². The molecule has 2 heterocycles. The molecule has 2 unspecified atom stereocenters. The molecule has 0 spiro atoms. The van der Waals surface area contributed by atoms with Gasteiger partial charge in [-0.3, -0.25) is 28.8 Å². The number of aryl methyl sites for hydroxylation is 2. The molecule has 0 aliphatic rings. The summed E-state index contributed by atoms with van der Waals surface area (Å²) in [5.41, 5.74) is 1.28. The molecule has 57 heavy (non-hydrogen) atoms. The molecule has 4 rings (SSSR count). The summed E-state index contributed by atoms with van der Waals surface area (Å²) < 4.78 is 45.7. The Morgan fingerprint density at radius 3 is 1.37 bits per heavy atom. The Kier molecular flexibility index (Phi) is 17.6. The van der Waals surface area contributed by atoms with Crippen molar-refractivity contribution in [2.75, 3.05) is 29.2 Å². The SMILES string of the molecule is CCc1cc(C(=O)c2ccc(OC(F)(F)F)cc2)c(NC(=O)CSC(C)C(=O)O)s1.CCc1cc(C(=O)c2ccc(OC)cc2)c(NC(=O)CSC(C)C(=O)O)s1. The van der Waals surface area contributed by atoms with Crippen molar-refractivity contribution >= 4 is 91.5 Å². The second-order valence-electron chi connectivity index (χ2n) is 11.8. The summed E-state index contributed by atoms with van der Waals surface area (Å²) in [4.78, 5) is 73.6. The lowest BCUT2D eigenvalue weighted by Crippen LogP contribution is -2.19. The Bertz CT molecular complexity index is 2050. The van der Waals surface area contributed by atoms with Gasteiger partial charge in [0.25, 0.3) is 0 Å². The van der Waals surface area contributed by atoms with Gasteiger partial charge in [-0.15, -0.1) is 59.4 Å². The predicted octanol–water partition coefficient (Wildman–Crippen LogP) is 8.28. The van der Waals surface area contributed by atoms with E-state index in [4.69, 9.17) is 14.9 Å². The van der Waals surface area contributed by atoms with Crippen LogP contribution in [0.1, 0.15) is 69.3 Å². The summed E-state index contributed by atoms with van der Waals surface area (Å²) in [5.74, 6) is -3.34. The number of halogens is 3. The van der Waals surface area contributed by atoms with E-state index in [1.54, 1.807) is 43.5 Å². The zero-order chi connectivity index (χ0) is 42.4. The number of amides is 2. The second-order valence-corrected chi connectivity index (χ2v) is 16.7. The van der Waals surface area contributed by atoms with Crippen LogP contribution in [0.3, 0.4) is 0 Å². The Morgan fingerprint density at radius 1 is 0.684 bits per heavy atom. The number of carbonyl (C=O) groups is 6. The fourth-order valence-corrected chi connectivity index (χ4v) is 7.74. The lowest BCUT2D eigenvalue weighted by atomic mass is 10.0. The number of thiophene rings is 2. The van der Waals surface area contributed by atoms with Crippen LogP contribution in [0.15, 0.2) is 60.7 Å². The molecule has 4 N–H and O–H groups in total.